The molecule has 0 bridgehead atoms. The first-order valence-electron chi connectivity index (χ1n) is 4.30. The Morgan fingerprint density at radius 2 is 1.73 bits per heavy atom. The number of sulfone groups is 1. The fraction of sp³-hybridized carbons (Fsp3) is 0.300. The number of hydrogen-bond donors (Lipinski definition) is 0. The molecule has 15 heavy (non-hydrogen) atoms. The van der Waals surface area contributed by atoms with Crippen LogP contribution in [0.1, 0.15) is 11.1 Å². The molecule has 80 valence electrons. The molecule has 0 spiro atoms. The summed E-state index contributed by atoms with van der Waals surface area (Å²) in [5.41, 5.74) is 1.59. The second-order valence-electron chi connectivity index (χ2n) is 3.29. The van der Waals surface area contributed by atoms with E-state index < -0.39 is 9.84 Å². The minimum atomic E-state index is -2.99. The van der Waals surface area contributed by atoms with Gasteiger partial charge in [0.25, 0.3) is 0 Å². The van der Waals surface area contributed by atoms with Crippen molar-refractivity contribution in [3.63, 3.8) is 0 Å². The van der Waals surface area contributed by atoms with E-state index in [4.69, 9.17) is 0 Å². The third-order valence-electron chi connectivity index (χ3n) is 1.78. The van der Waals surface area contributed by atoms with Gasteiger partial charge in [-0.3, -0.25) is 0 Å². The first-order chi connectivity index (χ1) is 7.01. The lowest BCUT2D eigenvalue weighted by atomic mass is 10.1. The van der Waals surface area contributed by atoms with Crippen molar-refractivity contribution in [1.29, 1.82) is 0 Å². The van der Waals surface area contributed by atoms with Gasteiger partial charge in [0, 0.05) is 6.26 Å². The van der Waals surface area contributed by atoms with E-state index in [1.54, 1.807) is 24.3 Å². The van der Waals surface area contributed by atoms with Crippen LogP contribution >= 0.6 is 0 Å². The Bertz CT molecular complexity index is 470. The van der Waals surface area contributed by atoms with E-state index in [1.807, 2.05) is 0 Å². The summed E-state index contributed by atoms with van der Waals surface area (Å²) in [6.45, 7) is 0.280. The quantitative estimate of drug-likeness (QED) is 0.568. The Kier molecular flexibility index (Phi) is 3.77. The molecule has 0 radical (unpaired) electrons. The summed E-state index contributed by atoms with van der Waals surface area (Å²) >= 11 is 0. The Labute approximate surface area is 88.6 Å². The van der Waals surface area contributed by atoms with Gasteiger partial charge in [-0.2, -0.15) is 0 Å². The Balaban J connectivity index is 2.76. The molecule has 1 aromatic rings. The van der Waals surface area contributed by atoms with Crippen LogP contribution in [0.15, 0.2) is 29.3 Å². The van der Waals surface area contributed by atoms with E-state index >= 15 is 0 Å². The maximum atomic E-state index is 11.0. The highest BCUT2D eigenvalue weighted by Crippen LogP contribution is 2.08. The molecule has 1 rings (SSSR count). The monoisotopic (exact) mass is 225 g/mol. The number of nitrogens with zero attached hydrogens (tertiary/aromatic N) is 1. The van der Waals surface area contributed by atoms with Crippen molar-refractivity contribution in [1.82, 2.24) is 0 Å². The molecule has 0 aliphatic carbocycles. The topological polar surface area (TPSA) is 63.6 Å². The van der Waals surface area contributed by atoms with Gasteiger partial charge in [0.1, 0.15) is 0 Å². The molecule has 0 saturated carbocycles. The van der Waals surface area contributed by atoms with Crippen LogP contribution in [-0.4, -0.2) is 20.8 Å². The van der Waals surface area contributed by atoms with E-state index in [0.717, 1.165) is 11.1 Å². The van der Waals surface area contributed by atoms with Gasteiger partial charge in [-0.05, 0) is 11.1 Å². The molecule has 0 unspecified atom stereocenters. The van der Waals surface area contributed by atoms with Crippen molar-refractivity contribution in [3.05, 3.63) is 35.4 Å². The SMILES string of the molecule is CS(=O)(=O)Cc1ccc(CN=C=O)cc1. The smallest absolute Gasteiger partial charge is 0.229 e. The Morgan fingerprint density at radius 3 is 2.20 bits per heavy atom. The van der Waals surface area contributed by atoms with Gasteiger partial charge >= 0.3 is 0 Å². The number of carbonyl (C=O) groups excluding carboxylic acids is 1. The summed E-state index contributed by atoms with van der Waals surface area (Å²) in [6, 6.07) is 6.94. The number of benzene rings is 1. The van der Waals surface area contributed by atoms with E-state index in [-0.39, 0.29) is 12.3 Å². The summed E-state index contributed by atoms with van der Waals surface area (Å²) in [5.74, 6) is 0.0320. The van der Waals surface area contributed by atoms with Crippen LogP contribution in [0.5, 0.6) is 0 Å². The molecule has 0 N–H and O–H groups in total. The molecule has 0 aliphatic heterocycles. The average molecular weight is 225 g/mol. The van der Waals surface area contributed by atoms with Gasteiger partial charge in [-0.1, -0.05) is 24.3 Å². The lowest BCUT2D eigenvalue weighted by Crippen LogP contribution is -2.00. The third-order valence-corrected chi connectivity index (χ3v) is 2.64. The second-order valence-corrected chi connectivity index (χ2v) is 5.43. The van der Waals surface area contributed by atoms with E-state index in [0.29, 0.717) is 0 Å². The van der Waals surface area contributed by atoms with Gasteiger partial charge in [-0.25, -0.2) is 18.2 Å². The molecule has 0 heterocycles. The van der Waals surface area contributed by atoms with Gasteiger partial charge in [-0.15, -0.1) is 0 Å². The highest BCUT2D eigenvalue weighted by Gasteiger charge is 2.03. The zero-order chi connectivity index (χ0) is 11.3. The van der Waals surface area contributed by atoms with Crippen molar-refractivity contribution in [3.8, 4) is 0 Å². The zero-order valence-electron chi connectivity index (χ0n) is 8.30. The van der Waals surface area contributed by atoms with Gasteiger partial charge < -0.3 is 0 Å². The van der Waals surface area contributed by atoms with Crippen molar-refractivity contribution in [2.75, 3.05) is 6.26 Å². The third kappa shape index (κ3) is 4.54. The predicted molar refractivity (Wildman–Crippen MR) is 56.8 cm³/mol. The minimum absolute atomic E-state index is 0.0320. The predicted octanol–water partition coefficient (Wildman–Crippen LogP) is 1.07. The minimum Gasteiger partial charge on any atom is -0.229 e. The van der Waals surface area contributed by atoms with Crippen molar-refractivity contribution < 1.29 is 13.2 Å². The first kappa shape index (κ1) is 11.6. The second kappa shape index (κ2) is 4.87. The molecule has 0 aromatic heterocycles. The molecule has 1 aromatic carbocycles. The van der Waals surface area contributed by atoms with Crippen LogP contribution < -0.4 is 0 Å². The molecular weight excluding hydrogens is 214 g/mol. The van der Waals surface area contributed by atoms with Crippen LogP contribution in [0, 0.1) is 0 Å². The molecule has 0 aliphatic rings. The van der Waals surface area contributed by atoms with Crippen molar-refractivity contribution >= 4 is 15.9 Å². The first-order valence-corrected chi connectivity index (χ1v) is 6.36. The van der Waals surface area contributed by atoms with Gasteiger partial charge in [0.15, 0.2) is 9.84 Å². The largest absolute Gasteiger partial charge is 0.235 e. The normalized spacial score (nSPS) is 10.7. The summed E-state index contributed by atoms with van der Waals surface area (Å²) in [4.78, 5) is 13.3. The van der Waals surface area contributed by atoms with Gasteiger partial charge in [0.2, 0.25) is 6.08 Å². The lowest BCUT2D eigenvalue weighted by molar-refractivity contribution is 0.562. The summed E-state index contributed by atoms with van der Waals surface area (Å²) < 4.78 is 22.0. The highest BCUT2D eigenvalue weighted by molar-refractivity contribution is 7.89. The van der Waals surface area contributed by atoms with Crippen LogP contribution in [0.25, 0.3) is 0 Å². The molecular formula is C10H11NO3S. The fourth-order valence-corrected chi connectivity index (χ4v) is 1.97. The number of rotatable bonds is 4. The van der Waals surface area contributed by atoms with Gasteiger partial charge in [0.05, 0.1) is 12.3 Å². The Hall–Kier alpha value is -1.45. The highest BCUT2D eigenvalue weighted by atomic mass is 32.2. The maximum Gasteiger partial charge on any atom is 0.235 e. The van der Waals surface area contributed by atoms with E-state index in [9.17, 15) is 13.2 Å². The van der Waals surface area contributed by atoms with E-state index in [2.05, 4.69) is 4.99 Å². The van der Waals surface area contributed by atoms with Crippen LogP contribution in [0.4, 0.5) is 0 Å². The number of aliphatic imine (C=N–C) groups is 1. The summed E-state index contributed by atoms with van der Waals surface area (Å²) in [6.07, 6.45) is 2.64. The maximum absolute atomic E-state index is 11.0. The summed E-state index contributed by atoms with van der Waals surface area (Å²) in [7, 11) is -2.99. The number of hydrogen-bond acceptors (Lipinski definition) is 4. The van der Waals surface area contributed by atoms with E-state index in [1.165, 1.54) is 12.3 Å². The standard InChI is InChI=1S/C10H11NO3S/c1-15(13,14)7-10-4-2-9(3-5-10)6-11-8-12/h2-5H,6-7H2,1H3. The van der Waals surface area contributed by atoms with Crippen LogP contribution in [0.2, 0.25) is 0 Å². The molecule has 0 atom stereocenters. The lowest BCUT2D eigenvalue weighted by Gasteiger charge is -2.00. The molecule has 4 nitrogen and oxygen atoms in total. The van der Waals surface area contributed by atoms with Crippen LogP contribution in [0.3, 0.4) is 0 Å². The van der Waals surface area contributed by atoms with Crippen molar-refractivity contribution in [2.24, 2.45) is 4.99 Å². The molecule has 5 heteroatoms. The zero-order valence-corrected chi connectivity index (χ0v) is 9.12. The van der Waals surface area contributed by atoms with Crippen LogP contribution in [-0.2, 0) is 26.9 Å². The van der Waals surface area contributed by atoms with Crippen molar-refractivity contribution in [2.45, 2.75) is 12.3 Å². The average Bonchev–Trinajstić information content (AvgIpc) is 2.14. The molecule has 0 saturated heterocycles. The number of isocyanates is 1. The molecule has 0 amide bonds. The molecule has 0 fully saturated rings. The fourth-order valence-electron chi connectivity index (χ4n) is 1.17. The Morgan fingerprint density at radius 1 is 1.20 bits per heavy atom. The summed E-state index contributed by atoms with van der Waals surface area (Å²) in [5, 5.41) is 0.